The van der Waals surface area contributed by atoms with Crippen LogP contribution in [0.15, 0.2) is 168 Å². The Balaban J connectivity index is 1.53. The molecule has 6 aromatic carbocycles. The lowest BCUT2D eigenvalue weighted by Gasteiger charge is -2.34. The summed E-state index contributed by atoms with van der Waals surface area (Å²) in [6, 6.07) is 51.3. The lowest BCUT2D eigenvalue weighted by molar-refractivity contribution is 0.450. The minimum atomic E-state index is -3.94. The Hall–Kier alpha value is -4.33. The Morgan fingerprint density at radius 3 is 1.00 bits per heavy atom. The van der Waals surface area contributed by atoms with E-state index in [2.05, 4.69) is 48.5 Å². The van der Waals surface area contributed by atoms with E-state index in [0.29, 0.717) is 11.5 Å². The predicted octanol–water partition coefficient (Wildman–Crippen LogP) is 6.08. The van der Waals surface area contributed by atoms with Gasteiger partial charge in [0.2, 0.25) is 9.84 Å². The van der Waals surface area contributed by atoms with Crippen LogP contribution in [0, 0.1) is 0 Å². The summed E-state index contributed by atoms with van der Waals surface area (Å²) in [4.78, 5) is 0.318. The molecule has 0 bridgehead atoms. The molecule has 0 unspecified atom stereocenters. The summed E-state index contributed by atoms with van der Waals surface area (Å²) in [5, 5.41) is 5.70. The van der Waals surface area contributed by atoms with Gasteiger partial charge in [0, 0.05) is 10.6 Å². The first-order valence-electron chi connectivity index (χ1n) is 14.3. The van der Waals surface area contributed by atoms with E-state index in [1.807, 2.05) is 97.1 Å². The molecule has 0 amide bonds. The zero-order chi connectivity index (χ0) is 30.4. The van der Waals surface area contributed by atoms with E-state index in [9.17, 15) is 8.42 Å². The van der Waals surface area contributed by atoms with Crippen LogP contribution in [-0.2, 0) is 9.84 Å². The molecule has 0 N–H and O–H groups in total. The Morgan fingerprint density at radius 2 is 0.705 bits per heavy atom. The molecule has 1 aliphatic rings. The van der Waals surface area contributed by atoms with Gasteiger partial charge in [-0.3, -0.25) is 0 Å². The fourth-order valence-corrected chi connectivity index (χ4v) is 13.9. The smallest absolute Gasteiger partial charge is 0.214 e. The quantitative estimate of drug-likeness (QED) is 0.210. The number of para-hydroxylation sites is 2. The van der Waals surface area contributed by atoms with Crippen molar-refractivity contribution in [3.63, 3.8) is 0 Å². The van der Waals surface area contributed by atoms with Crippen LogP contribution in [0.1, 0.15) is 0 Å². The molecular formula is C38H30O3P2S. The van der Waals surface area contributed by atoms with Crippen LogP contribution in [0.25, 0.3) is 0 Å². The number of benzene rings is 6. The van der Waals surface area contributed by atoms with Gasteiger partial charge in [0.1, 0.15) is 9.79 Å². The zero-order valence-electron chi connectivity index (χ0n) is 24.0. The number of ether oxygens (including phenoxy) is 1. The highest BCUT2D eigenvalue weighted by atomic mass is 32.2. The molecule has 1 heterocycles. The van der Waals surface area contributed by atoms with Gasteiger partial charge in [0.25, 0.3) is 0 Å². The molecule has 0 saturated heterocycles. The minimum Gasteiger partial charge on any atom is -0.453 e. The molecule has 1 aliphatic heterocycles. The van der Waals surface area contributed by atoms with Crippen molar-refractivity contribution in [2.45, 2.75) is 9.79 Å². The number of hydrogen-bond acceptors (Lipinski definition) is 3. The van der Waals surface area contributed by atoms with Gasteiger partial charge < -0.3 is 4.74 Å². The van der Waals surface area contributed by atoms with Gasteiger partial charge in [-0.15, -0.1) is 0 Å². The van der Waals surface area contributed by atoms with Gasteiger partial charge in [-0.25, -0.2) is 8.42 Å². The standard InChI is InChI=1S/C38H30O3P2S/c1-42(29-17-7-3-8-18-29,30-19-9-4-10-20-30)33-25-15-27-35-37(33)41-38-34(26-16-28-36(38)44(35,39)40)43(2,31-21-11-5-12-22-31)32-23-13-6-14-24-32/h3-28H,1-2H2. The van der Waals surface area contributed by atoms with Gasteiger partial charge in [0.15, 0.2) is 11.5 Å². The highest BCUT2D eigenvalue weighted by molar-refractivity contribution is 7.95. The van der Waals surface area contributed by atoms with Gasteiger partial charge in [-0.2, -0.15) is 0 Å². The van der Waals surface area contributed by atoms with Crippen LogP contribution in [0.3, 0.4) is 0 Å². The van der Waals surface area contributed by atoms with Crippen molar-refractivity contribution in [2.75, 3.05) is 0 Å². The fraction of sp³-hybridized carbons (Fsp3) is 0. The van der Waals surface area contributed by atoms with Crippen LogP contribution >= 0.6 is 13.8 Å². The number of hydrogen-bond donors (Lipinski definition) is 0. The Kier molecular flexibility index (Phi) is 7.10. The molecule has 7 rings (SSSR count). The van der Waals surface area contributed by atoms with E-state index in [4.69, 9.17) is 17.3 Å². The molecule has 0 atom stereocenters. The summed E-state index contributed by atoms with van der Waals surface area (Å²) < 4.78 is 36.0. The second-order valence-electron chi connectivity index (χ2n) is 10.8. The predicted molar refractivity (Wildman–Crippen MR) is 190 cm³/mol. The van der Waals surface area contributed by atoms with Crippen molar-refractivity contribution in [1.29, 1.82) is 0 Å². The van der Waals surface area contributed by atoms with Gasteiger partial charge in [0.05, 0.1) is 0 Å². The normalized spacial score (nSPS) is 13.7. The largest absolute Gasteiger partial charge is 0.453 e. The van der Waals surface area contributed by atoms with E-state index in [1.54, 1.807) is 12.1 Å². The van der Waals surface area contributed by atoms with E-state index in [0.717, 1.165) is 31.8 Å². The van der Waals surface area contributed by atoms with E-state index < -0.39 is 23.6 Å². The second kappa shape index (κ2) is 11.0. The molecule has 0 spiro atoms. The third-order valence-corrected chi connectivity index (χ3v) is 17.2. The van der Waals surface area contributed by atoms with Crippen LogP contribution < -0.4 is 36.6 Å². The molecule has 0 aliphatic carbocycles. The lowest BCUT2D eigenvalue weighted by atomic mass is 10.3. The fourth-order valence-electron chi connectivity index (χ4n) is 6.04. The molecule has 6 aromatic rings. The second-order valence-corrected chi connectivity index (χ2v) is 18.9. The van der Waals surface area contributed by atoms with Gasteiger partial charge in [-0.05, 0) is 47.1 Å². The summed E-state index contributed by atoms with van der Waals surface area (Å²) in [6.07, 6.45) is 9.78. The topological polar surface area (TPSA) is 43.4 Å². The van der Waals surface area contributed by atoms with Crippen molar-refractivity contribution in [2.24, 2.45) is 0 Å². The van der Waals surface area contributed by atoms with Crippen molar-refractivity contribution in [3.8, 4) is 11.5 Å². The Bertz CT molecular complexity index is 1960. The summed E-state index contributed by atoms with van der Waals surface area (Å²) >= 11 is 0. The Labute approximate surface area is 259 Å². The zero-order valence-corrected chi connectivity index (χ0v) is 26.6. The van der Waals surface area contributed by atoms with Crippen molar-refractivity contribution >= 4 is 68.0 Å². The van der Waals surface area contributed by atoms with E-state index >= 15 is 0 Å². The molecule has 0 aromatic heterocycles. The molecule has 216 valence electrons. The average Bonchev–Trinajstić information content (AvgIpc) is 3.09. The third-order valence-electron chi connectivity index (χ3n) is 8.31. The number of sulfone groups is 1. The summed E-state index contributed by atoms with van der Waals surface area (Å²) in [6.45, 7) is -5.15. The molecule has 44 heavy (non-hydrogen) atoms. The third kappa shape index (κ3) is 4.37. The molecule has 6 heteroatoms. The van der Waals surface area contributed by atoms with Crippen molar-refractivity contribution < 1.29 is 13.2 Å². The maximum Gasteiger partial charge on any atom is 0.214 e. The van der Waals surface area contributed by atoms with E-state index in [1.165, 1.54) is 0 Å². The summed E-state index contributed by atoms with van der Waals surface area (Å²) in [7, 11) is -3.94. The van der Waals surface area contributed by atoms with Gasteiger partial charge in [-0.1, -0.05) is 158 Å². The first kappa shape index (κ1) is 28.4. The first-order valence-corrected chi connectivity index (χ1v) is 19.7. The van der Waals surface area contributed by atoms with Crippen molar-refractivity contribution in [1.82, 2.24) is 0 Å². The number of fused-ring (bicyclic) bond motifs is 2. The monoisotopic (exact) mass is 628 g/mol. The summed E-state index contributed by atoms with van der Waals surface area (Å²) in [5.41, 5.74) is 0. The van der Waals surface area contributed by atoms with Crippen LogP contribution in [-0.4, -0.2) is 21.0 Å². The molecule has 3 nitrogen and oxygen atoms in total. The number of rotatable bonds is 6. The van der Waals surface area contributed by atoms with E-state index in [-0.39, 0.29) is 9.79 Å². The molecule has 0 fully saturated rings. The molecule has 0 saturated carbocycles. The van der Waals surface area contributed by atoms with Crippen LogP contribution in [0.4, 0.5) is 0 Å². The van der Waals surface area contributed by atoms with Gasteiger partial charge >= 0.3 is 0 Å². The molecular weight excluding hydrogens is 598 g/mol. The highest BCUT2D eigenvalue weighted by Gasteiger charge is 2.39. The molecule has 0 radical (unpaired) electrons. The van der Waals surface area contributed by atoms with Crippen LogP contribution in [0.2, 0.25) is 0 Å². The maximum atomic E-state index is 14.5. The maximum absolute atomic E-state index is 14.5. The SMILES string of the molecule is C=P(c1ccccc1)(c1ccccc1)c1cccc2c1Oc1c(P(=C)(c3ccccc3)c3ccccc3)cccc1S2(=O)=O. The van der Waals surface area contributed by atoms with Crippen molar-refractivity contribution in [3.05, 3.63) is 158 Å². The first-order chi connectivity index (χ1) is 21.4. The average molecular weight is 629 g/mol. The lowest BCUT2D eigenvalue weighted by Crippen LogP contribution is -2.31. The Morgan fingerprint density at radius 1 is 0.409 bits per heavy atom. The highest BCUT2D eigenvalue weighted by Crippen LogP contribution is 2.53. The van der Waals surface area contributed by atoms with Crippen LogP contribution in [0.5, 0.6) is 11.5 Å². The summed E-state index contributed by atoms with van der Waals surface area (Å²) in [5.74, 6) is 0.687. The minimum absolute atomic E-state index is 0.159.